The predicted molar refractivity (Wildman–Crippen MR) is 95.9 cm³/mol. The van der Waals surface area contributed by atoms with Crippen molar-refractivity contribution in [2.75, 3.05) is 0 Å². The fraction of sp³-hybridized carbons (Fsp3) is 0.850. The number of alkyl halides is 5. The molecule has 0 radical (unpaired) electrons. The molecule has 6 atom stereocenters. The summed E-state index contributed by atoms with van der Waals surface area (Å²) in [6.45, 7) is 1.44. The minimum Gasteiger partial charge on any atom is -0.383 e. The smallest absolute Gasteiger partial charge is 0.383 e. The van der Waals surface area contributed by atoms with Gasteiger partial charge >= 0.3 is 12.1 Å². The highest BCUT2D eigenvalue weighted by Crippen LogP contribution is 2.69. The Balaban J connectivity index is 1.68. The Kier molecular flexibility index (Phi) is 4.64. The molecule has 0 aromatic rings. The summed E-state index contributed by atoms with van der Waals surface area (Å²) in [5.74, 6) is -5.01. The lowest BCUT2D eigenvalue weighted by Crippen LogP contribution is -2.65. The molecule has 4 aliphatic carbocycles. The summed E-state index contributed by atoms with van der Waals surface area (Å²) in [6, 6.07) is 0. The highest BCUT2D eigenvalue weighted by atomic mass is 79.9. The van der Waals surface area contributed by atoms with Gasteiger partial charge in [-0.15, -0.1) is 0 Å². The summed E-state index contributed by atoms with van der Waals surface area (Å²) in [5, 5.41) is 10.8. The molecule has 4 aliphatic rings. The number of allylic oxidation sites excluding steroid dienone is 1. The lowest BCUT2D eigenvalue weighted by atomic mass is 9.50. The van der Waals surface area contributed by atoms with Gasteiger partial charge in [0.2, 0.25) is 0 Å². The summed E-state index contributed by atoms with van der Waals surface area (Å²) in [7, 11) is 0. The highest BCUT2D eigenvalue weighted by Gasteiger charge is 2.78. The molecule has 0 amide bonds. The molecule has 0 heterocycles. The highest BCUT2D eigenvalue weighted by molar-refractivity contribution is 9.12. The molecule has 3 fully saturated rings. The first-order valence-electron chi connectivity index (χ1n) is 9.94. The Morgan fingerprint density at radius 3 is 2.32 bits per heavy atom. The van der Waals surface area contributed by atoms with E-state index in [1.54, 1.807) is 0 Å². The van der Waals surface area contributed by atoms with Crippen LogP contribution in [0.25, 0.3) is 0 Å². The van der Waals surface area contributed by atoms with Gasteiger partial charge in [0.1, 0.15) is 5.60 Å². The van der Waals surface area contributed by atoms with Gasteiger partial charge in [0.05, 0.1) is 4.48 Å². The van der Waals surface area contributed by atoms with Crippen LogP contribution in [0.15, 0.2) is 10.1 Å². The SMILES string of the molecule is C[C@]12CC[C@H]3[C@@H](CCC4=C(Br)C(=O)CC[C@@H]43)[C@@H]1CC[C@@]2(O)C(F)(F)C(F)(F)F. The number of carbonyl (C=O) groups excluding carboxylic acids is 1. The molecule has 3 saturated carbocycles. The Bertz CT molecular complexity index is 733. The van der Waals surface area contributed by atoms with E-state index in [0.29, 0.717) is 30.2 Å². The Labute approximate surface area is 169 Å². The van der Waals surface area contributed by atoms with Gasteiger partial charge in [0.25, 0.3) is 0 Å². The van der Waals surface area contributed by atoms with Crippen molar-refractivity contribution in [1.29, 1.82) is 0 Å². The number of fused-ring (bicyclic) bond motifs is 5. The molecule has 0 aromatic heterocycles. The second-order valence-corrected chi connectivity index (χ2v) is 10.1. The summed E-state index contributed by atoms with van der Waals surface area (Å²) in [4.78, 5) is 12.0. The quantitative estimate of drug-likeness (QED) is 0.493. The molecule has 8 heteroatoms. The van der Waals surface area contributed by atoms with E-state index in [0.717, 1.165) is 12.0 Å². The molecule has 4 rings (SSSR count). The number of hydrogen-bond donors (Lipinski definition) is 1. The molecule has 28 heavy (non-hydrogen) atoms. The van der Waals surface area contributed by atoms with Gasteiger partial charge in [-0.05, 0) is 90.1 Å². The molecule has 0 unspecified atom stereocenters. The van der Waals surface area contributed by atoms with Gasteiger partial charge in [-0.2, -0.15) is 22.0 Å². The topological polar surface area (TPSA) is 37.3 Å². The van der Waals surface area contributed by atoms with Crippen LogP contribution in [0.3, 0.4) is 0 Å². The first kappa shape index (κ1) is 20.8. The number of aliphatic hydroxyl groups is 1. The summed E-state index contributed by atoms with van der Waals surface area (Å²) in [6.07, 6.45) is -2.95. The molecule has 0 aromatic carbocycles. The van der Waals surface area contributed by atoms with Crippen LogP contribution < -0.4 is 0 Å². The molecular weight excluding hydrogens is 447 g/mol. The third-order valence-electron chi connectivity index (χ3n) is 8.44. The van der Waals surface area contributed by atoms with Crippen LogP contribution in [0.2, 0.25) is 0 Å². The van der Waals surface area contributed by atoms with Crippen molar-refractivity contribution in [1.82, 2.24) is 0 Å². The van der Waals surface area contributed by atoms with Crippen LogP contribution in [0.4, 0.5) is 22.0 Å². The lowest BCUT2D eigenvalue weighted by molar-refractivity contribution is -0.363. The van der Waals surface area contributed by atoms with Gasteiger partial charge in [-0.3, -0.25) is 4.79 Å². The van der Waals surface area contributed by atoms with Gasteiger partial charge in [0.15, 0.2) is 5.78 Å². The van der Waals surface area contributed by atoms with Crippen molar-refractivity contribution in [3.63, 3.8) is 0 Å². The first-order chi connectivity index (χ1) is 12.8. The third kappa shape index (κ3) is 2.48. The van der Waals surface area contributed by atoms with E-state index >= 15 is 0 Å². The van der Waals surface area contributed by atoms with Gasteiger partial charge in [-0.25, -0.2) is 0 Å². The molecule has 2 nitrogen and oxygen atoms in total. The summed E-state index contributed by atoms with van der Waals surface area (Å²) in [5.41, 5.74) is -3.43. The minimum atomic E-state index is -5.77. The lowest BCUT2D eigenvalue weighted by Gasteiger charge is -2.56. The maximum atomic E-state index is 14.4. The second kappa shape index (κ2) is 6.25. The van der Waals surface area contributed by atoms with Gasteiger partial charge < -0.3 is 5.11 Å². The Morgan fingerprint density at radius 1 is 1.00 bits per heavy atom. The van der Waals surface area contributed by atoms with Crippen molar-refractivity contribution in [2.24, 2.45) is 29.1 Å². The summed E-state index contributed by atoms with van der Waals surface area (Å²) >= 11 is 3.41. The van der Waals surface area contributed by atoms with E-state index in [4.69, 9.17) is 0 Å². The second-order valence-electron chi connectivity index (χ2n) is 9.31. The van der Waals surface area contributed by atoms with E-state index in [9.17, 15) is 31.9 Å². The summed E-state index contributed by atoms with van der Waals surface area (Å²) < 4.78 is 68.9. The van der Waals surface area contributed by atoms with Crippen LogP contribution in [0.5, 0.6) is 0 Å². The van der Waals surface area contributed by atoms with Crippen LogP contribution in [0.1, 0.15) is 58.3 Å². The maximum Gasteiger partial charge on any atom is 0.456 e. The normalized spacial score (nSPS) is 44.2. The van der Waals surface area contributed by atoms with Gasteiger partial charge in [0, 0.05) is 11.8 Å². The van der Waals surface area contributed by atoms with Crippen LogP contribution in [-0.2, 0) is 4.79 Å². The minimum absolute atomic E-state index is 0.0130. The average Bonchev–Trinajstić information content (AvgIpc) is 2.90. The van der Waals surface area contributed by atoms with Crippen LogP contribution >= 0.6 is 15.9 Å². The number of rotatable bonds is 1. The molecule has 0 spiro atoms. The standard InChI is InChI=1S/C20H24BrF5O2/c1-17-8-6-11-10-4-5-15(27)16(21)13(10)3-2-12(11)14(17)7-9-18(17,28)19(22,23)20(24,25)26/h10-12,14,28H,2-9H2,1H3/t10-,11-,12-,14+,17+,18+/m1/s1. The first-order valence-corrected chi connectivity index (χ1v) is 10.7. The number of hydrogen-bond acceptors (Lipinski definition) is 2. The number of ketones is 1. The van der Waals surface area contributed by atoms with E-state index < -0.39 is 29.5 Å². The molecule has 1 N–H and O–H groups in total. The van der Waals surface area contributed by atoms with Crippen LogP contribution in [-0.4, -0.2) is 28.6 Å². The maximum absolute atomic E-state index is 14.4. The average molecular weight is 471 g/mol. The molecular formula is C20H24BrF5O2. The fourth-order valence-corrected chi connectivity index (χ4v) is 7.69. The van der Waals surface area contributed by atoms with E-state index in [-0.39, 0.29) is 42.3 Å². The zero-order valence-corrected chi connectivity index (χ0v) is 17.2. The van der Waals surface area contributed by atoms with Crippen molar-refractivity contribution in [3.8, 4) is 0 Å². The van der Waals surface area contributed by atoms with E-state index in [2.05, 4.69) is 15.9 Å². The van der Waals surface area contributed by atoms with Crippen molar-refractivity contribution < 1.29 is 31.9 Å². The Morgan fingerprint density at radius 2 is 1.68 bits per heavy atom. The zero-order chi connectivity index (χ0) is 20.7. The van der Waals surface area contributed by atoms with Crippen LogP contribution in [0, 0.1) is 29.1 Å². The molecule has 158 valence electrons. The number of halogens is 6. The van der Waals surface area contributed by atoms with Crippen molar-refractivity contribution in [2.45, 2.75) is 76.0 Å². The van der Waals surface area contributed by atoms with E-state index in [1.165, 1.54) is 6.92 Å². The molecule has 0 saturated heterocycles. The van der Waals surface area contributed by atoms with Gasteiger partial charge in [-0.1, -0.05) is 6.92 Å². The predicted octanol–water partition coefficient (Wildman–Crippen LogP) is 5.78. The fourth-order valence-electron chi connectivity index (χ4n) is 7.00. The Hall–Kier alpha value is -0.500. The van der Waals surface area contributed by atoms with Crippen molar-refractivity contribution >= 4 is 21.7 Å². The number of Topliss-reactive ketones (excluding diaryl/α,β-unsaturated/α-hetero) is 1. The molecule has 0 bridgehead atoms. The third-order valence-corrected chi connectivity index (χ3v) is 9.39. The monoisotopic (exact) mass is 470 g/mol. The number of carbonyl (C=O) groups is 1. The van der Waals surface area contributed by atoms with E-state index in [1.807, 2.05) is 0 Å². The van der Waals surface area contributed by atoms with Crippen molar-refractivity contribution in [3.05, 3.63) is 10.1 Å². The largest absolute Gasteiger partial charge is 0.456 e. The zero-order valence-electron chi connectivity index (χ0n) is 15.6. The molecule has 0 aliphatic heterocycles.